The SMILES string of the molecule is NN=C(Cl)C(=O)c1ccc(Cl)cc1. The van der Waals surface area contributed by atoms with Gasteiger partial charge in [0.15, 0.2) is 5.17 Å². The molecule has 68 valence electrons. The fourth-order valence-electron chi connectivity index (χ4n) is 0.779. The van der Waals surface area contributed by atoms with Crippen LogP contribution in [0.2, 0.25) is 5.02 Å². The van der Waals surface area contributed by atoms with Gasteiger partial charge in [0.1, 0.15) is 0 Å². The van der Waals surface area contributed by atoms with Crippen molar-refractivity contribution >= 4 is 34.2 Å². The Kier molecular flexibility index (Phi) is 3.28. The molecule has 3 nitrogen and oxygen atoms in total. The molecule has 0 bridgehead atoms. The molecule has 0 fully saturated rings. The molecular weight excluding hydrogens is 211 g/mol. The lowest BCUT2D eigenvalue weighted by Crippen LogP contribution is -2.09. The second-order valence-corrected chi connectivity index (χ2v) is 3.05. The minimum Gasteiger partial charge on any atom is -0.322 e. The molecule has 0 aromatic heterocycles. The van der Waals surface area contributed by atoms with Gasteiger partial charge in [-0.25, -0.2) is 0 Å². The van der Waals surface area contributed by atoms with E-state index in [2.05, 4.69) is 5.10 Å². The van der Waals surface area contributed by atoms with E-state index in [1.807, 2.05) is 0 Å². The van der Waals surface area contributed by atoms with Crippen LogP contribution < -0.4 is 5.84 Å². The Hall–Kier alpha value is -1.06. The van der Waals surface area contributed by atoms with E-state index in [0.29, 0.717) is 10.6 Å². The molecule has 0 heterocycles. The first-order valence-electron chi connectivity index (χ1n) is 3.39. The Balaban J connectivity index is 2.97. The molecule has 0 aliphatic heterocycles. The Morgan fingerprint density at radius 2 is 1.85 bits per heavy atom. The van der Waals surface area contributed by atoms with Crippen molar-refractivity contribution in [3.05, 3.63) is 34.9 Å². The van der Waals surface area contributed by atoms with Gasteiger partial charge in [0.25, 0.3) is 0 Å². The monoisotopic (exact) mass is 216 g/mol. The molecule has 0 saturated heterocycles. The summed E-state index contributed by atoms with van der Waals surface area (Å²) in [5.41, 5.74) is 0.406. The third kappa shape index (κ3) is 2.44. The number of hydrazone groups is 1. The highest BCUT2D eigenvalue weighted by Gasteiger charge is 2.10. The fourth-order valence-corrected chi connectivity index (χ4v) is 1.01. The average molecular weight is 217 g/mol. The van der Waals surface area contributed by atoms with Gasteiger partial charge >= 0.3 is 0 Å². The highest BCUT2D eigenvalue weighted by molar-refractivity contribution is 6.84. The van der Waals surface area contributed by atoms with E-state index < -0.39 is 5.78 Å². The Labute approximate surface area is 85.1 Å². The minimum atomic E-state index is -0.416. The molecular formula is C8H6Cl2N2O. The van der Waals surface area contributed by atoms with E-state index >= 15 is 0 Å². The predicted octanol–water partition coefficient (Wildman–Crippen LogP) is 2.03. The molecule has 0 saturated carbocycles. The number of carbonyl (C=O) groups excluding carboxylic acids is 1. The topological polar surface area (TPSA) is 55.4 Å². The molecule has 1 aromatic rings. The van der Waals surface area contributed by atoms with E-state index in [4.69, 9.17) is 29.0 Å². The van der Waals surface area contributed by atoms with E-state index in [9.17, 15) is 4.79 Å². The summed E-state index contributed by atoms with van der Waals surface area (Å²) >= 11 is 11.1. The number of Topliss-reactive ketones (excluding diaryl/α,β-unsaturated/α-hetero) is 1. The maximum Gasteiger partial charge on any atom is 0.224 e. The smallest absolute Gasteiger partial charge is 0.224 e. The number of carbonyl (C=O) groups is 1. The van der Waals surface area contributed by atoms with Gasteiger partial charge in [-0.1, -0.05) is 23.2 Å². The number of halogens is 2. The summed E-state index contributed by atoms with van der Waals surface area (Å²) in [6.45, 7) is 0. The molecule has 0 atom stereocenters. The van der Waals surface area contributed by atoms with Gasteiger partial charge in [-0.15, -0.1) is 0 Å². The highest BCUT2D eigenvalue weighted by atomic mass is 35.5. The lowest BCUT2D eigenvalue weighted by atomic mass is 10.1. The number of hydrogen-bond acceptors (Lipinski definition) is 3. The summed E-state index contributed by atoms with van der Waals surface area (Å²) in [5.74, 6) is 4.43. The molecule has 0 spiro atoms. The molecule has 1 rings (SSSR count). The molecule has 0 aliphatic carbocycles. The number of nitrogens with two attached hydrogens (primary N) is 1. The molecule has 1 aromatic carbocycles. The van der Waals surface area contributed by atoms with Crippen LogP contribution in [-0.4, -0.2) is 11.0 Å². The van der Waals surface area contributed by atoms with Crippen molar-refractivity contribution in [3.63, 3.8) is 0 Å². The quantitative estimate of drug-likeness (QED) is 0.356. The van der Waals surface area contributed by atoms with Gasteiger partial charge in [-0.2, -0.15) is 5.10 Å². The van der Waals surface area contributed by atoms with Gasteiger partial charge < -0.3 is 5.84 Å². The first-order chi connectivity index (χ1) is 6.15. The maximum atomic E-state index is 11.3. The van der Waals surface area contributed by atoms with Gasteiger partial charge in [-0.05, 0) is 24.3 Å². The zero-order chi connectivity index (χ0) is 9.84. The fraction of sp³-hybridized carbons (Fsp3) is 0. The maximum absolute atomic E-state index is 11.3. The van der Waals surface area contributed by atoms with Crippen molar-refractivity contribution in [1.29, 1.82) is 0 Å². The Morgan fingerprint density at radius 1 is 1.31 bits per heavy atom. The molecule has 2 N–H and O–H groups in total. The van der Waals surface area contributed by atoms with Crippen LogP contribution in [0.25, 0.3) is 0 Å². The van der Waals surface area contributed by atoms with Crippen molar-refractivity contribution in [3.8, 4) is 0 Å². The van der Waals surface area contributed by atoms with Crippen LogP contribution >= 0.6 is 23.2 Å². The molecule has 0 amide bonds. The van der Waals surface area contributed by atoms with Crippen LogP contribution in [0.5, 0.6) is 0 Å². The number of nitrogens with zero attached hydrogens (tertiary/aromatic N) is 1. The summed E-state index contributed by atoms with van der Waals surface area (Å²) in [7, 11) is 0. The highest BCUT2D eigenvalue weighted by Crippen LogP contribution is 2.10. The third-order valence-electron chi connectivity index (χ3n) is 1.41. The van der Waals surface area contributed by atoms with Crippen molar-refractivity contribution in [2.75, 3.05) is 0 Å². The normalized spacial score (nSPS) is 11.4. The summed E-state index contributed by atoms with van der Waals surface area (Å²) in [6.07, 6.45) is 0. The number of benzene rings is 1. The zero-order valence-electron chi connectivity index (χ0n) is 6.50. The largest absolute Gasteiger partial charge is 0.322 e. The number of hydrogen-bond donors (Lipinski definition) is 1. The van der Waals surface area contributed by atoms with Crippen LogP contribution in [-0.2, 0) is 0 Å². The lowest BCUT2D eigenvalue weighted by Gasteiger charge is -1.96. The average Bonchev–Trinajstić information content (AvgIpc) is 2.17. The van der Waals surface area contributed by atoms with Crippen LogP contribution in [0.3, 0.4) is 0 Å². The van der Waals surface area contributed by atoms with Gasteiger partial charge in [0.2, 0.25) is 5.78 Å². The molecule has 0 unspecified atom stereocenters. The van der Waals surface area contributed by atoms with Crippen LogP contribution in [0.4, 0.5) is 0 Å². The Bertz CT molecular complexity index is 346. The van der Waals surface area contributed by atoms with Crippen molar-refractivity contribution in [2.45, 2.75) is 0 Å². The molecule has 0 aliphatic rings. The van der Waals surface area contributed by atoms with Gasteiger partial charge in [0, 0.05) is 10.6 Å². The number of ketones is 1. The standard InChI is InChI=1S/C8H6Cl2N2O/c9-6-3-1-5(2-4-6)7(13)8(10)12-11/h1-4H,11H2. The first kappa shape index (κ1) is 10.0. The zero-order valence-corrected chi connectivity index (χ0v) is 8.01. The Morgan fingerprint density at radius 3 is 2.31 bits per heavy atom. The van der Waals surface area contributed by atoms with Crippen molar-refractivity contribution in [2.24, 2.45) is 10.9 Å². The van der Waals surface area contributed by atoms with E-state index in [0.717, 1.165) is 0 Å². The van der Waals surface area contributed by atoms with E-state index in [1.54, 1.807) is 24.3 Å². The lowest BCUT2D eigenvalue weighted by molar-refractivity contribution is 0.106. The van der Waals surface area contributed by atoms with Gasteiger partial charge in [0.05, 0.1) is 0 Å². The molecule has 0 radical (unpaired) electrons. The number of rotatable bonds is 2. The summed E-state index contributed by atoms with van der Waals surface area (Å²) in [4.78, 5) is 11.3. The predicted molar refractivity (Wildman–Crippen MR) is 53.3 cm³/mol. The van der Waals surface area contributed by atoms with Crippen molar-refractivity contribution in [1.82, 2.24) is 0 Å². The second-order valence-electron chi connectivity index (χ2n) is 2.26. The van der Waals surface area contributed by atoms with E-state index in [1.165, 1.54) is 0 Å². The third-order valence-corrected chi connectivity index (χ3v) is 1.93. The van der Waals surface area contributed by atoms with Gasteiger partial charge in [-0.3, -0.25) is 4.79 Å². The summed E-state index contributed by atoms with van der Waals surface area (Å²) in [5, 5.41) is 3.39. The first-order valence-corrected chi connectivity index (χ1v) is 4.14. The molecule has 13 heavy (non-hydrogen) atoms. The summed E-state index contributed by atoms with van der Waals surface area (Å²) in [6, 6.07) is 6.29. The summed E-state index contributed by atoms with van der Waals surface area (Å²) < 4.78 is 0. The van der Waals surface area contributed by atoms with Crippen LogP contribution in [0, 0.1) is 0 Å². The van der Waals surface area contributed by atoms with Crippen molar-refractivity contribution < 1.29 is 4.79 Å². The van der Waals surface area contributed by atoms with Crippen LogP contribution in [0.1, 0.15) is 10.4 Å². The molecule has 5 heteroatoms. The second kappa shape index (κ2) is 4.25. The van der Waals surface area contributed by atoms with E-state index in [-0.39, 0.29) is 5.17 Å². The minimum absolute atomic E-state index is 0.248. The van der Waals surface area contributed by atoms with Crippen LogP contribution in [0.15, 0.2) is 29.4 Å².